The maximum absolute atomic E-state index is 12.8. The van der Waals surface area contributed by atoms with Gasteiger partial charge in [0.25, 0.3) is 0 Å². The van der Waals surface area contributed by atoms with Crippen LogP contribution in [0.3, 0.4) is 0 Å². The van der Waals surface area contributed by atoms with E-state index in [2.05, 4.69) is 16.6 Å². The monoisotopic (exact) mass is 430 g/mol. The van der Waals surface area contributed by atoms with E-state index in [9.17, 15) is 18.0 Å². The minimum absolute atomic E-state index is 0.0581. The summed E-state index contributed by atoms with van der Waals surface area (Å²) in [4.78, 5) is 24.5. The molecule has 2 aromatic rings. The van der Waals surface area contributed by atoms with E-state index in [1.165, 1.54) is 12.1 Å². The Kier molecular flexibility index (Phi) is 8.76. The van der Waals surface area contributed by atoms with E-state index in [1.807, 2.05) is 13.0 Å². The highest BCUT2D eigenvalue weighted by molar-refractivity contribution is 7.89. The minimum atomic E-state index is -3.94. The van der Waals surface area contributed by atoms with Gasteiger partial charge in [-0.2, -0.15) is 4.72 Å². The third kappa shape index (κ3) is 7.46. The molecule has 30 heavy (non-hydrogen) atoms. The fourth-order valence-electron chi connectivity index (χ4n) is 2.60. The topological polar surface area (TPSA) is 102 Å². The molecule has 0 saturated carbocycles. The van der Waals surface area contributed by atoms with E-state index in [0.717, 1.165) is 11.1 Å². The number of nitrogens with one attached hydrogen (secondary N) is 2. The Labute approximate surface area is 177 Å². The van der Waals surface area contributed by atoms with Gasteiger partial charge in [-0.05, 0) is 37.5 Å². The van der Waals surface area contributed by atoms with Crippen LogP contribution in [0.25, 0.3) is 0 Å². The standard InChI is InChI=1S/C22H26N2O5S/c1-3-4-14-29-21(25)16-23-22(26)20(15-18-8-6-5-7-9-18)24-30(27,28)19-12-10-17(2)11-13-19/h3,5-13,20,24H,1,4,14-16H2,2H3,(H,23,26)/t20-/m0/s1. The molecule has 0 aliphatic carbocycles. The lowest BCUT2D eigenvalue weighted by Crippen LogP contribution is -2.49. The molecule has 0 fully saturated rings. The molecule has 2 N–H and O–H groups in total. The van der Waals surface area contributed by atoms with E-state index in [4.69, 9.17) is 4.74 Å². The van der Waals surface area contributed by atoms with Crippen molar-refractivity contribution in [2.75, 3.05) is 13.2 Å². The second kappa shape index (κ2) is 11.3. The first-order valence-corrected chi connectivity index (χ1v) is 11.0. The molecule has 7 nitrogen and oxygen atoms in total. The lowest BCUT2D eigenvalue weighted by molar-refractivity contribution is -0.143. The maximum atomic E-state index is 12.8. The maximum Gasteiger partial charge on any atom is 0.325 e. The number of aryl methyl sites for hydroxylation is 1. The fraction of sp³-hybridized carbons (Fsp3) is 0.273. The van der Waals surface area contributed by atoms with Crippen molar-refractivity contribution in [1.29, 1.82) is 0 Å². The highest BCUT2D eigenvalue weighted by Gasteiger charge is 2.26. The van der Waals surface area contributed by atoms with Gasteiger partial charge in [0.15, 0.2) is 0 Å². The van der Waals surface area contributed by atoms with Crippen LogP contribution in [0, 0.1) is 6.92 Å². The van der Waals surface area contributed by atoms with Gasteiger partial charge >= 0.3 is 5.97 Å². The van der Waals surface area contributed by atoms with Gasteiger partial charge < -0.3 is 10.1 Å². The summed E-state index contributed by atoms with van der Waals surface area (Å²) in [6.45, 7) is 5.20. The van der Waals surface area contributed by atoms with Crippen LogP contribution in [0.4, 0.5) is 0 Å². The van der Waals surface area contributed by atoms with Gasteiger partial charge in [0, 0.05) is 0 Å². The Balaban J connectivity index is 2.11. The summed E-state index contributed by atoms with van der Waals surface area (Å²) in [5.41, 5.74) is 1.69. The second-order valence-corrected chi connectivity index (χ2v) is 8.41. The van der Waals surface area contributed by atoms with E-state index in [-0.39, 0.29) is 24.5 Å². The lowest BCUT2D eigenvalue weighted by atomic mass is 10.1. The van der Waals surface area contributed by atoms with Crippen LogP contribution in [0.5, 0.6) is 0 Å². The summed E-state index contributed by atoms with van der Waals surface area (Å²) in [6.07, 6.45) is 2.25. The summed E-state index contributed by atoms with van der Waals surface area (Å²) >= 11 is 0. The average molecular weight is 431 g/mol. The van der Waals surface area contributed by atoms with Crippen molar-refractivity contribution in [3.05, 3.63) is 78.4 Å². The molecule has 160 valence electrons. The minimum Gasteiger partial charge on any atom is -0.464 e. The average Bonchev–Trinajstić information content (AvgIpc) is 2.72. The van der Waals surface area contributed by atoms with Crippen molar-refractivity contribution >= 4 is 21.9 Å². The van der Waals surface area contributed by atoms with Crippen molar-refractivity contribution in [2.45, 2.75) is 30.7 Å². The predicted octanol–water partition coefficient (Wildman–Crippen LogP) is 2.12. The fourth-order valence-corrected chi connectivity index (χ4v) is 3.80. The van der Waals surface area contributed by atoms with E-state index < -0.39 is 27.9 Å². The summed E-state index contributed by atoms with van der Waals surface area (Å²) < 4.78 is 32.9. The molecule has 0 bridgehead atoms. The number of amides is 1. The van der Waals surface area contributed by atoms with Crippen molar-refractivity contribution in [3.8, 4) is 0 Å². The van der Waals surface area contributed by atoms with Crippen LogP contribution in [0.15, 0.2) is 72.1 Å². The third-order valence-electron chi connectivity index (χ3n) is 4.22. The Morgan fingerprint density at radius 3 is 2.40 bits per heavy atom. The molecule has 0 saturated heterocycles. The second-order valence-electron chi connectivity index (χ2n) is 6.69. The Hall–Kier alpha value is -2.97. The number of ether oxygens (including phenoxy) is 1. The Morgan fingerprint density at radius 1 is 1.10 bits per heavy atom. The molecule has 2 aromatic carbocycles. The molecule has 2 rings (SSSR count). The first-order chi connectivity index (χ1) is 14.3. The molecule has 0 heterocycles. The Morgan fingerprint density at radius 2 is 1.77 bits per heavy atom. The first-order valence-electron chi connectivity index (χ1n) is 9.49. The number of esters is 1. The molecule has 0 unspecified atom stereocenters. The van der Waals surface area contributed by atoms with E-state index in [1.54, 1.807) is 42.5 Å². The van der Waals surface area contributed by atoms with E-state index >= 15 is 0 Å². The molecule has 1 atom stereocenters. The molecular weight excluding hydrogens is 404 g/mol. The summed E-state index contributed by atoms with van der Waals surface area (Å²) in [6, 6.07) is 14.2. The van der Waals surface area contributed by atoms with Crippen molar-refractivity contribution in [1.82, 2.24) is 10.0 Å². The van der Waals surface area contributed by atoms with Crippen molar-refractivity contribution in [2.24, 2.45) is 0 Å². The zero-order valence-corrected chi connectivity index (χ0v) is 17.7. The van der Waals surface area contributed by atoms with Gasteiger partial charge in [0.1, 0.15) is 12.6 Å². The molecule has 8 heteroatoms. The number of carbonyl (C=O) groups excluding carboxylic acids is 2. The van der Waals surface area contributed by atoms with E-state index in [0.29, 0.717) is 6.42 Å². The summed E-state index contributed by atoms with van der Waals surface area (Å²) in [5, 5.41) is 2.45. The SMILES string of the molecule is C=CCCOC(=O)CNC(=O)[C@H](Cc1ccccc1)NS(=O)(=O)c1ccc(C)cc1. The highest BCUT2D eigenvalue weighted by atomic mass is 32.2. The van der Waals surface area contributed by atoms with Gasteiger partial charge in [-0.1, -0.05) is 54.1 Å². The van der Waals surface area contributed by atoms with Crippen LogP contribution in [0.1, 0.15) is 17.5 Å². The number of benzene rings is 2. The molecular formula is C22H26N2O5S. The Bertz CT molecular complexity index is 957. The van der Waals surface area contributed by atoms with Crippen LogP contribution >= 0.6 is 0 Å². The smallest absolute Gasteiger partial charge is 0.325 e. The van der Waals surface area contributed by atoms with Gasteiger partial charge in [-0.15, -0.1) is 6.58 Å². The van der Waals surface area contributed by atoms with Crippen molar-refractivity contribution < 1.29 is 22.7 Å². The summed E-state index contributed by atoms with van der Waals surface area (Å²) in [5.74, 6) is -1.22. The van der Waals surface area contributed by atoms with Crippen LogP contribution in [0.2, 0.25) is 0 Å². The highest BCUT2D eigenvalue weighted by Crippen LogP contribution is 2.12. The van der Waals surface area contributed by atoms with Crippen LogP contribution in [-0.4, -0.2) is 39.5 Å². The van der Waals surface area contributed by atoms with Gasteiger partial charge in [0.2, 0.25) is 15.9 Å². The van der Waals surface area contributed by atoms with Gasteiger partial charge in [-0.3, -0.25) is 9.59 Å². The largest absolute Gasteiger partial charge is 0.464 e. The quantitative estimate of drug-likeness (QED) is 0.323. The molecule has 0 radical (unpaired) electrons. The lowest BCUT2D eigenvalue weighted by Gasteiger charge is -2.19. The third-order valence-corrected chi connectivity index (χ3v) is 5.71. The zero-order chi connectivity index (χ0) is 22.0. The predicted molar refractivity (Wildman–Crippen MR) is 114 cm³/mol. The number of carbonyl (C=O) groups is 2. The normalized spacial score (nSPS) is 12.0. The number of rotatable bonds is 11. The van der Waals surface area contributed by atoms with Gasteiger partial charge in [-0.25, -0.2) is 8.42 Å². The summed E-state index contributed by atoms with van der Waals surface area (Å²) in [7, 11) is -3.94. The van der Waals surface area contributed by atoms with Gasteiger partial charge in [0.05, 0.1) is 11.5 Å². The zero-order valence-electron chi connectivity index (χ0n) is 16.8. The molecule has 0 aliphatic rings. The number of sulfonamides is 1. The molecule has 1 amide bonds. The van der Waals surface area contributed by atoms with Crippen LogP contribution < -0.4 is 10.0 Å². The molecule has 0 spiro atoms. The number of hydrogen-bond acceptors (Lipinski definition) is 5. The van der Waals surface area contributed by atoms with Crippen molar-refractivity contribution in [3.63, 3.8) is 0 Å². The number of hydrogen-bond donors (Lipinski definition) is 2. The van der Waals surface area contributed by atoms with Crippen LogP contribution in [-0.2, 0) is 30.8 Å². The first kappa shape index (κ1) is 23.3. The molecule has 0 aromatic heterocycles. The molecule has 0 aliphatic heterocycles.